The maximum absolute atomic E-state index is 11.9. The molecule has 0 bridgehead atoms. The van der Waals surface area contributed by atoms with Gasteiger partial charge < -0.3 is 19.9 Å². The molecule has 0 aromatic heterocycles. The number of carbonyl (C=O) groups is 2. The van der Waals surface area contributed by atoms with Crippen LogP contribution >= 0.6 is 0 Å². The standard InChI is InChI=1S/C16H29NO5/c1-9-11(12(18)13(19)21-15(3,4)5)10(2)17-14(20)22-16(6,7)8/h9-12,18H,1H2,2-8H3,(H,17,20)/t10-,11-,12-/m0/s1. The number of carbonyl (C=O) groups excluding carboxylic acids is 2. The van der Waals surface area contributed by atoms with E-state index in [2.05, 4.69) is 11.9 Å². The first-order chi connectivity index (χ1) is 9.76. The van der Waals surface area contributed by atoms with Gasteiger partial charge in [0.05, 0.1) is 0 Å². The molecule has 0 spiro atoms. The van der Waals surface area contributed by atoms with E-state index in [1.165, 1.54) is 6.08 Å². The smallest absolute Gasteiger partial charge is 0.407 e. The minimum Gasteiger partial charge on any atom is -0.458 e. The number of alkyl carbamates (subject to hydrolysis) is 1. The highest BCUT2D eigenvalue weighted by molar-refractivity contribution is 5.76. The molecular weight excluding hydrogens is 286 g/mol. The lowest BCUT2D eigenvalue weighted by molar-refractivity contribution is -0.167. The molecule has 0 aromatic rings. The number of ether oxygens (including phenoxy) is 2. The number of rotatable bonds is 5. The Morgan fingerprint density at radius 2 is 1.55 bits per heavy atom. The number of aliphatic hydroxyl groups is 1. The predicted octanol–water partition coefficient (Wildman–Crippen LogP) is 2.40. The van der Waals surface area contributed by atoms with Crippen molar-refractivity contribution in [3.05, 3.63) is 12.7 Å². The van der Waals surface area contributed by atoms with Crippen LogP contribution in [0.2, 0.25) is 0 Å². The summed E-state index contributed by atoms with van der Waals surface area (Å²) in [7, 11) is 0. The molecule has 0 fully saturated rings. The highest BCUT2D eigenvalue weighted by atomic mass is 16.6. The van der Waals surface area contributed by atoms with Crippen LogP contribution in [0.25, 0.3) is 0 Å². The minimum atomic E-state index is -1.42. The minimum absolute atomic E-state index is 0.546. The summed E-state index contributed by atoms with van der Waals surface area (Å²) in [4.78, 5) is 23.7. The molecule has 6 nitrogen and oxygen atoms in total. The number of aliphatic hydroxyl groups excluding tert-OH is 1. The van der Waals surface area contributed by atoms with E-state index in [0.717, 1.165) is 0 Å². The van der Waals surface area contributed by atoms with Gasteiger partial charge in [0.25, 0.3) is 0 Å². The van der Waals surface area contributed by atoms with Crippen molar-refractivity contribution in [3.8, 4) is 0 Å². The second-order valence-corrected chi connectivity index (χ2v) is 7.23. The fraction of sp³-hybridized carbons (Fsp3) is 0.750. The maximum Gasteiger partial charge on any atom is 0.407 e. The van der Waals surface area contributed by atoms with Crippen molar-refractivity contribution in [3.63, 3.8) is 0 Å². The van der Waals surface area contributed by atoms with Crippen molar-refractivity contribution < 1.29 is 24.2 Å². The van der Waals surface area contributed by atoms with Gasteiger partial charge in [0, 0.05) is 12.0 Å². The van der Waals surface area contributed by atoms with Crippen molar-refractivity contribution in [1.82, 2.24) is 5.32 Å². The Hall–Kier alpha value is -1.56. The van der Waals surface area contributed by atoms with E-state index in [-0.39, 0.29) is 0 Å². The lowest BCUT2D eigenvalue weighted by Gasteiger charge is -2.29. The Balaban J connectivity index is 4.77. The van der Waals surface area contributed by atoms with Crippen LogP contribution in [0.15, 0.2) is 12.7 Å². The lowest BCUT2D eigenvalue weighted by atomic mass is 9.94. The van der Waals surface area contributed by atoms with E-state index < -0.39 is 41.3 Å². The second kappa shape index (κ2) is 7.63. The molecule has 0 saturated carbocycles. The Morgan fingerprint density at radius 1 is 1.09 bits per heavy atom. The van der Waals surface area contributed by atoms with Crippen LogP contribution in [-0.2, 0) is 14.3 Å². The van der Waals surface area contributed by atoms with E-state index >= 15 is 0 Å². The Bertz CT molecular complexity index is 406. The van der Waals surface area contributed by atoms with Gasteiger partial charge in [-0.2, -0.15) is 0 Å². The first-order valence-corrected chi connectivity index (χ1v) is 7.30. The molecule has 0 heterocycles. The molecule has 0 saturated heterocycles. The van der Waals surface area contributed by atoms with Crippen LogP contribution in [-0.4, -0.2) is 40.5 Å². The van der Waals surface area contributed by atoms with Gasteiger partial charge in [-0.25, -0.2) is 9.59 Å². The van der Waals surface area contributed by atoms with Gasteiger partial charge in [-0.1, -0.05) is 6.08 Å². The summed E-state index contributed by atoms with van der Waals surface area (Å²) in [5, 5.41) is 12.7. The molecule has 128 valence electrons. The topological polar surface area (TPSA) is 84.9 Å². The molecule has 0 aliphatic rings. The van der Waals surface area contributed by atoms with Gasteiger partial charge in [0.2, 0.25) is 0 Å². The van der Waals surface area contributed by atoms with Crippen molar-refractivity contribution >= 4 is 12.1 Å². The summed E-state index contributed by atoms with van der Waals surface area (Å²) in [6.45, 7) is 15.6. The van der Waals surface area contributed by atoms with Gasteiger partial charge >= 0.3 is 12.1 Å². The molecule has 0 unspecified atom stereocenters. The summed E-state index contributed by atoms with van der Waals surface area (Å²) in [6.07, 6.45) is -0.624. The van der Waals surface area contributed by atoms with Crippen LogP contribution in [0, 0.1) is 5.92 Å². The number of nitrogens with one attached hydrogen (secondary N) is 1. The number of hydrogen-bond acceptors (Lipinski definition) is 5. The van der Waals surface area contributed by atoms with Gasteiger partial charge in [0.1, 0.15) is 11.2 Å². The van der Waals surface area contributed by atoms with Gasteiger partial charge in [-0.05, 0) is 48.5 Å². The fourth-order valence-electron chi connectivity index (χ4n) is 1.72. The zero-order valence-electron chi connectivity index (χ0n) is 14.6. The van der Waals surface area contributed by atoms with E-state index in [0.29, 0.717) is 0 Å². The Morgan fingerprint density at radius 3 is 1.91 bits per heavy atom. The van der Waals surface area contributed by atoms with Gasteiger partial charge in [-0.3, -0.25) is 0 Å². The number of amides is 1. The van der Waals surface area contributed by atoms with Crippen molar-refractivity contribution in [1.29, 1.82) is 0 Å². The fourth-order valence-corrected chi connectivity index (χ4v) is 1.72. The summed E-state index contributed by atoms with van der Waals surface area (Å²) in [5.41, 5.74) is -1.33. The number of hydrogen-bond donors (Lipinski definition) is 2. The van der Waals surface area contributed by atoms with Crippen molar-refractivity contribution in [2.24, 2.45) is 5.92 Å². The van der Waals surface area contributed by atoms with Crippen LogP contribution in [0.3, 0.4) is 0 Å². The summed E-state index contributed by atoms with van der Waals surface area (Å²) < 4.78 is 10.3. The first kappa shape index (κ1) is 20.4. The average Bonchev–Trinajstić information content (AvgIpc) is 2.24. The van der Waals surface area contributed by atoms with E-state index in [4.69, 9.17) is 9.47 Å². The van der Waals surface area contributed by atoms with Crippen LogP contribution < -0.4 is 5.32 Å². The maximum atomic E-state index is 11.9. The first-order valence-electron chi connectivity index (χ1n) is 7.30. The predicted molar refractivity (Wildman–Crippen MR) is 84.4 cm³/mol. The molecule has 6 heteroatoms. The third-order valence-electron chi connectivity index (χ3n) is 2.61. The Labute approximate surface area is 132 Å². The molecule has 0 aliphatic carbocycles. The normalized spacial score (nSPS) is 16.2. The molecule has 0 radical (unpaired) electrons. The Kier molecular flexibility index (Phi) is 7.09. The third kappa shape index (κ3) is 8.02. The number of esters is 1. The zero-order chi connectivity index (χ0) is 17.7. The van der Waals surface area contributed by atoms with Crippen LogP contribution in [0.1, 0.15) is 48.5 Å². The monoisotopic (exact) mass is 315 g/mol. The SMILES string of the molecule is C=C[C@@H]([C@H](C)NC(=O)OC(C)(C)C)[C@H](O)C(=O)OC(C)(C)C. The highest BCUT2D eigenvalue weighted by Crippen LogP contribution is 2.17. The average molecular weight is 315 g/mol. The van der Waals surface area contributed by atoms with E-state index in [1.807, 2.05) is 0 Å². The van der Waals surface area contributed by atoms with E-state index in [9.17, 15) is 14.7 Å². The molecule has 22 heavy (non-hydrogen) atoms. The molecular formula is C16H29NO5. The molecule has 1 amide bonds. The summed E-state index contributed by atoms with van der Waals surface area (Å²) in [5.74, 6) is -1.45. The zero-order valence-corrected chi connectivity index (χ0v) is 14.6. The lowest BCUT2D eigenvalue weighted by Crippen LogP contribution is -2.47. The molecule has 3 atom stereocenters. The summed E-state index contributed by atoms with van der Waals surface area (Å²) >= 11 is 0. The second-order valence-electron chi connectivity index (χ2n) is 7.23. The third-order valence-corrected chi connectivity index (χ3v) is 2.61. The largest absolute Gasteiger partial charge is 0.458 e. The quantitative estimate of drug-likeness (QED) is 0.601. The molecule has 2 N–H and O–H groups in total. The van der Waals surface area contributed by atoms with Crippen molar-refractivity contribution in [2.45, 2.75) is 71.8 Å². The van der Waals surface area contributed by atoms with E-state index in [1.54, 1.807) is 48.5 Å². The van der Waals surface area contributed by atoms with Crippen molar-refractivity contribution in [2.75, 3.05) is 0 Å². The van der Waals surface area contributed by atoms with Crippen LogP contribution in [0.4, 0.5) is 4.79 Å². The molecule has 0 aliphatic heterocycles. The van der Waals surface area contributed by atoms with Gasteiger partial charge in [-0.15, -0.1) is 6.58 Å². The molecule has 0 aromatic carbocycles. The summed E-state index contributed by atoms with van der Waals surface area (Å²) in [6, 6.07) is -0.546. The van der Waals surface area contributed by atoms with Crippen LogP contribution in [0.5, 0.6) is 0 Å². The van der Waals surface area contributed by atoms with Gasteiger partial charge in [0.15, 0.2) is 6.10 Å². The molecule has 0 rings (SSSR count). The highest BCUT2D eigenvalue weighted by Gasteiger charge is 2.33.